The number of rotatable bonds is 2. The molecule has 138 valence electrons. The second kappa shape index (κ2) is 6.56. The van der Waals surface area contributed by atoms with Crippen LogP contribution in [0.5, 0.6) is 23.0 Å². The van der Waals surface area contributed by atoms with Crippen molar-refractivity contribution in [3.63, 3.8) is 0 Å². The summed E-state index contributed by atoms with van der Waals surface area (Å²) in [6, 6.07) is 9.05. The van der Waals surface area contributed by atoms with E-state index in [2.05, 4.69) is 18.2 Å². The summed E-state index contributed by atoms with van der Waals surface area (Å²) >= 11 is 0. The average molecular weight is 376 g/mol. The first-order chi connectivity index (χ1) is 12.3. The van der Waals surface area contributed by atoms with Gasteiger partial charge in [-0.1, -0.05) is 6.07 Å². The average Bonchev–Trinajstić information content (AvgIpc) is 3.11. The highest BCUT2D eigenvalue weighted by atomic mass is 35.5. The van der Waals surface area contributed by atoms with Crippen LogP contribution in [0.3, 0.4) is 0 Å². The van der Waals surface area contributed by atoms with E-state index in [0.29, 0.717) is 12.8 Å². The van der Waals surface area contributed by atoms with Gasteiger partial charge < -0.3 is 36.3 Å². The lowest BCUT2D eigenvalue weighted by Gasteiger charge is -2.39. The van der Waals surface area contributed by atoms with Gasteiger partial charge in [0.2, 0.25) is 6.79 Å². The molecule has 1 N–H and O–H groups in total. The lowest BCUT2D eigenvalue weighted by Crippen LogP contribution is -3.13. The summed E-state index contributed by atoms with van der Waals surface area (Å²) in [7, 11) is 3.42. The van der Waals surface area contributed by atoms with Crippen LogP contribution in [0.2, 0.25) is 0 Å². The maximum Gasteiger partial charge on any atom is 0.231 e. The van der Waals surface area contributed by atoms with Crippen LogP contribution < -0.4 is 36.3 Å². The van der Waals surface area contributed by atoms with E-state index >= 15 is 0 Å². The van der Waals surface area contributed by atoms with Gasteiger partial charge in [-0.25, -0.2) is 0 Å². The first-order valence-electron chi connectivity index (χ1n) is 8.78. The molecule has 3 aliphatic heterocycles. The van der Waals surface area contributed by atoms with E-state index in [1.165, 1.54) is 22.3 Å². The van der Waals surface area contributed by atoms with Gasteiger partial charge >= 0.3 is 0 Å². The summed E-state index contributed by atoms with van der Waals surface area (Å²) in [5, 5.41) is 0. The third-order valence-electron chi connectivity index (χ3n) is 5.79. The molecule has 0 radical (unpaired) electrons. The molecule has 0 spiro atoms. The highest BCUT2D eigenvalue weighted by Gasteiger charge is 2.38. The fourth-order valence-corrected chi connectivity index (χ4v) is 4.56. The van der Waals surface area contributed by atoms with E-state index < -0.39 is 0 Å². The molecule has 1 unspecified atom stereocenters. The Morgan fingerprint density at radius 2 is 1.85 bits per heavy atom. The molecule has 3 heterocycles. The Kier molecular flexibility index (Phi) is 4.37. The number of halogens is 1. The second-order valence-electron chi connectivity index (χ2n) is 6.93. The summed E-state index contributed by atoms with van der Waals surface area (Å²) in [6.45, 7) is 2.42. The number of hydrogen-bond donors (Lipinski definition) is 1. The smallest absolute Gasteiger partial charge is 0.231 e. The molecule has 0 saturated carbocycles. The van der Waals surface area contributed by atoms with E-state index in [1.54, 1.807) is 19.1 Å². The lowest BCUT2D eigenvalue weighted by atomic mass is 9.83. The maximum atomic E-state index is 5.67. The van der Waals surface area contributed by atoms with Crippen molar-refractivity contribution in [3.05, 3.63) is 46.5 Å². The van der Waals surface area contributed by atoms with Crippen molar-refractivity contribution in [2.24, 2.45) is 0 Å². The Hall–Kier alpha value is -2.11. The molecule has 0 aliphatic carbocycles. The summed E-state index contributed by atoms with van der Waals surface area (Å²) in [4.78, 5) is 1.59. The molecule has 2 aromatic carbocycles. The quantitative estimate of drug-likeness (QED) is 0.706. The number of nitrogens with one attached hydrogen (secondary N) is 1. The Labute approximate surface area is 159 Å². The molecule has 3 aliphatic rings. The minimum atomic E-state index is 0. The van der Waals surface area contributed by atoms with Gasteiger partial charge in [-0.2, -0.15) is 0 Å². The number of benzene rings is 2. The summed E-state index contributed by atoms with van der Waals surface area (Å²) < 4.78 is 22.3. The minimum Gasteiger partial charge on any atom is -1.00 e. The van der Waals surface area contributed by atoms with Crippen LogP contribution in [-0.4, -0.2) is 27.6 Å². The topological polar surface area (TPSA) is 41.4 Å². The predicted octanol–water partition coefficient (Wildman–Crippen LogP) is -1.33. The lowest BCUT2D eigenvalue weighted by molar-refractivity contribution is -0.949. The van der Waals surface area contributed by atoms with Gasteiger partial charge in [-0.15, -0.1) is 0 Å². The van der Waals surface area contributed by atoms with Crippen LogP contribution in [0.15, 0.2) is 24.3 Å². The van der Waals surface area contributed by atoms with Crippen LogP contribution in [0.25, 0.3) is 0 Å². The Morgan fingerprint density at radius 1 is 1.04 bits per heavy atom. The van der Waals surface area contributed by atoms with Crippen LogP contribution in [-0.2, 0) is 19.4 Å². The SMILES string of the molecule is COc1ccc2c(c1OC)C[NH+]1CCc3cc4c(cc3[C@H]1C2)OCO4.[Cl-]. The van der Waals surface area contributed by atoms with Crippen molar-refractivity contribution in [1.29, 1.82) is 0 Å². The maximum absolute atomic E-state index is 5.67. The van der Waals surface area contributed by atoms with Crippen molar-refractivity contribution in [3.8, 4) is 23.0 Å². The van der Waals surface area contributed by atoms with E-state index in [1.807, 2.05) is 6.07 Å². The Balaban J connectivity index is 0.00000168. The van der Waals surface area contributed by atoms with E-state index in [-0.39, 0.29) is 12.4 Å². The molecular weight excluding hydrogens is 354 g/mol. The van der Waals surface area contributed by atoms with Crippen molar-refractivity contribution in [2.75, 3.05) is 27.6 Å². The minimum absolute atomic E-state index is 0. The van der Waals surface area contributed by atoms with Crippen molar-refractivity contribution < 1.29 is 36.3 Å². The molecule has 26 heavy (non-hydrogen) atoms. The van der Waals surface area contributed by atoms with Gasteiger partial charge in [0, 0.05) is 18.4 Å². The summed E-state index contributed by atoms with van der Waals surface area (Å²) in [6.07, 6.45) is 2.08. The first-order valence-corrected chi connectivity index (χ1v) is 8.78. The third-order valence-corrected chi connectivity index (χ3v) is 5.79. The fraction of sp³-hybridized carbons (Fsp3) is 0.400. The van der Waals surface area contributed by atoms with E-state index in [9.17, 15) is 0 Å². The van der Waals surface area contributed by atoms with Gasteiger partial charge in [0.1, 0.15) is 12.6 Å². The molecule has 0 fully saturated rings. The molecule has 5 nitrogen and oxygen atoms in total. The number of hydrogen-bond acceptors (Lipinski definition) is 4. The molecular formula is C20H22ClNO4. The zero-order valence-electron chi connectivity index (χ0n) is 14.9. The highest BCUT2D eigenvalue weighted by molar-refractivity contribution is 5.53. The normalized spacial score (nSPS) is 21.8. The van der Waals surface area contributed by atoms with Crippen molar-refractivity contribution >= 4 is 0 Å². The van der Waals surface area contributed by atoms with Crippen LogP contribution in [0, 0.1) is 0 Å². The van der Waals surface area contributed by atoms with Gasteiger partial charge in [0.15, 0.2) is 23.0 Å². The number of fused-ring (bicyclic) bond motifs is 5. The standard InChI is InChI=1S/C20H21NO4.ClH/c1-22-17-4-3-12-7-16-14-9-19-18(24-11-25-19)8-13(14)5-6-21(16)10-15(12)20(17)23-2;/h3-4,8-9,16H,5-7,10-11H2,1-2H3;1H/t16-;/m1./s1. The molecule has 6 heteroatoms. The number of methoxy groups -OCH3 is 2. The molecule has 0 amide bonds. The molecule has 2 atom stereocenters. The summed E-state index contributed by atoms with van der Waals surface area (Å²) in [5.74, 6) is 3.49. The van der Waals surface area contributed by atoms with Crippen LogP contribution in [0.1, 0.15) is 28.3 Å². The van der Waals surface area contributed by atoms with Crippen molar-refractivity contribution in [1.82, 2.24) is 0 Å². The van der Waals surface area contributed by atoms with Gasteiger partial charge in [-0.05, 0) is 29.3 Å². The molecule has 0 bridgehead atoms. The Bertz CT molecular complexity index is 854. The Morgan fingerprint density at radius 3 is 2.62 bits per heavy atom. The zero-order chi connectivity index (χ0) is 17.0. The monoisotopic (exact) mass is 375 g/mol. The highest BCUT2D eigenvalue weighted by Crippen LogP contribution is 2.41. The van der Waals surface area contributed by atoms with Gasteiger partial charge in [0.25, 0.3) is 0 Å². The largest absolute Gasteiger partial charge is 1.00 e. The second-order valence-corrected chi connectivity index (χ2v) is 6.93. The molecule has 5 rings (SSSR count). The first kappa shape index (κ1) is 17.3. The number of ether oxygens (including phenoxy) is 4. The van der Waals surface area contributed by atoms with E-state index in [0.717, 1.165) is 48.9 Å². The van der Waals surface area contributed by atoms with Crippen molar-refractivity contribution in [2.45, 2.75) is 25.4 Å². The third kappa shape index (κ3) is 2.49. The molecule has 0 saturated heterocycles. The van der Waals surface area contributed by atoms with Gasteiger partial charge in [0.05, 0.1) is 26.3 Å². The zero-order valence-corrected chi connectivity index (χ0v) is 15.7. The van der Waals surface area contributed by atoms with Crippen LogP contribution >= 0.6 is 0 Å². The van der Waals surface area contributed by atoms with Crippen LogP contribution in [0.4, 0.5) is 0 Å². The predicted molar refractivity (Wildman–Crippen MR) is 91.8 cm³/mol. The molecule has 2 aromatic rings. The number of quaternary nitrogens is 1. The molecule has 0 aromatic heterocycles. The summed E-state index contributed by atoms with van der Waals surface area (Å²) in [5.41, 5.74) is 5.46. The van der Waals surface area contributed by atoms with Gasteiger partial charge in [-0.3, -0.25) is 0 Å². The van der Waals surface area contributed by atoms with E-state index in [4.69, 9.17) is 18.9 Å². The fourth-order valence-electron chi connectivity index (χ4n) is 4.56.